The number of carbonyl (C=O) groups excluding carboxylic acids is 1. The number of nitrogens with one attached hydrogen (secondary N) is 1. The molecule has 1 aromatic rings. The summed E-state index contributed by atoms with van der Waals surface area (Å²) in [6.45, 7) is 1.85. The van der Waals surface area contributed by atoms with E-state index in [9.17, 15) is 13.2 Å². The molecule has 1 aromatic carbocycles. The normalized spacial score (nSPS) is 14.6. The Labute approximate surface area is 128 Å². The van der Waals surface area contributed by atoms with Gasteiger partial charge < -0.3 is 11.1 Å². The van der Waals surface area contributed by atoms with E-state index in [0.29, 0.717) is 0 Å². The van der Waals surface area contributed by atoms with E-state index in [0.717, 1.165) is 16.3 Å². The molecule has 0 spiro atoms. The van der Waals surface area contributed by atoms with E-state index in [2.05, 4.69) is 21.2 Å². The third kappa shape index (κ3) is 5.60. The molecule has 0 aliphatic carbocycles. The van der Waals surface area contributed by atoms with Crippen molar-refractivity contribution >= 4 is 31.7 Å². The maximum atomic E-state index is 11.9. The lowest BCUT2D eigenvalue weighted by Gasteiger charge is -2.18. The number of rotatable bonds is 6. The lowest BCUT2D eigenvalue weighted by Crippen LogP contribution is -2.42. The smallest absolute Gasteiger partial charge is 0.237 e. The molecule has 0 radical (unpaired) electrons. The van der Waals surface area contributed by atoms with Gasteiger partial charge in [-0.3, -0.25) is 4.79 Å². The van der Waals surface area contributed by atoms with Crippen LogP contribution >= 0.6 is 15.9 Å². The topological polar surface area (TPSA) is 89.3 Å². The molecule has 0 fully saturated rings. The highest BCUT2D eigenvalue weighted by Gasteiger charge is 2.19. The molecule has 0 bridgehead atoms. The maximum absolute atomic E-state index is 11.9. The van der Waals surface area contributed by atoms with E-state index in [1.807, 2.05) is 31.2 Å². The van der Waals surface area contributed by atoms with Crippen LogP contribution in [0.4, 0.5) is 0 Å². The second kappa shape index (κ2) is 7.19. The van der Waals surface area contributed by atoms with Gasteiger partial charge in [-0.15, -0.1) is 0 Å². The average Bonchev–Trinajstić information content (AvgIpc) is 2.35. The van der Waals surface area contributed by atoms with Gasteiger partial charge in [-0.2, -0.15) is 0 Å². The molecule has 0 saturated carbocycles. The molecule has 2 atom stereocenters. The van der Waals surface area contributed by atoms with Crippen LogP contribution in [-0.2, 0) is 14.6 Å². The van der Waals surface area contributed by atoms with Crippen LogP contribution in [-0.4, -0.2) is 32.4 Å². The molecule has 0 aliphatic rings. The Morgan fingerprint density at radius 2 is 2.00 bits per heavy atom. The van der Waals surface area contributed by atoms with Crippen LogP contribution in [0.3, 0.4) is 0 Å². The minimum Gasteiger partial charge on any atom is -0.348 e. The van der Waals surface area contributed by atoms with Gasteiger partial charge in [0.1, 0.15) is 9.84 Å². The zero-order chi connectivity index (χ0) is 15.3. The second-order valence-corrected chi connectivity index (χ2v) is 7.89. The molecule has 0 saturated heterocycles. The molecule has 3 N–H and O–H groups in total. The van der Waals surface area contributed by atoms with Crippen molar-refractivity contribution in [1.82, 2.24) is 5.32 Å². The number of benzene rings is 1. The highest BCUT2D eigenvalue weighted by atomic mass is 79.9. The highest BCUT2D eigenvalue weighted by molar-refractivity contribution is 9.10. The summed E-state index contributed by atoms with van der Waals surface area (Å²) >= 11 is 3.42. The largest absolute Gasteiger partial charge is 0.348 e. The third-order valence-electron chi connectivity index (χ3n) is 2.87. The number of sulfone groups is 1. The summed E-state index contributed by atoms with van der Waals surface area (Å²) in [6, 6.07) is 6.53. The van der Waals surface area contributed by atoms with Crippen LogP contribution in [0.5, 0.6) is 0 Å². The first-order valence-electron chi connectivity index (χ1n) is 6.19. The highest BCUT2D eigenvalue weighted by Crippen LogP contribution is 2.22. The van der Waals surface area contributed by atoms with Gasteiger partial charge in [0.05, 0.1) is 17.8 Å². The number of halogens is 1. The van der Waals surface area contributed by atoms with E-state index >= 15 is 0 Å². The average molecular weight is 363 g/mol. The molecule has 5 nitrogen and oxygen atoms in total. The molecule has 112 valence electrons. The van der Waals surface area contributed by atoms with Gasteiger partial charge in [0.2, 0.25) is 5.91 Å². The monoisotopic (exact) mass is 362 g/mol. The summed E-state index contributed by atoms with van der Waals surface area (Å²) in [7, 11) is -3.11. The van der Waals surface area contributed by atoms with Crippen molar-refractivity contribution in [2.45, 2.75) is 25.4 Å². The standard InChI is InChI=1S/C13H19BrN2O3S/c1-9(10-5-3-4-6-11(10)14)16-13(17)12(15)7-8-20(2,18)19/h3-6,9,12H,7-8,15H2,1-2H3,(H,16,17)/t9-,12?/m1/s1. The number of hydrogen-bond donors (Lipinski definition) is 2. The summed E-state index contributed by atoms with van der Waals surface area (Å²) in [5.41, 5.74) is 6.64. The van der Waals surface area contributed by atoms with E-state index in [-0.39, 0.29) is 24.1 Å². The van der Waals surface area contributed by atoms with Gasteiger partial charge in [-0.1, -0.05) is 34.1 Å². The predicted octanol–water partition coefficient (Wildman–Crippen LogP) is 1.39. The van der Waals surface area contributed by atoms with Crippen molar-refractivity contribution < 1.29 is 13.2 Å². The van der Waals surface area contributed by atoms with Crippen LogP contribution in [0.25, 0.3) is 0 Å². The summed E-state index contributed by atoms with van der Waals surface area (Å²) in [4.78, 5) is 11.9. The first kappa shape index (κ1) is 17.1. The zero-order valence-electron chi connectivity index (χ0n) is 11.5. The molecule has 20 heavy (non-hydrogen) atoms. The van der Waals surface area contributed by atoms with Crippen LogP contribution in [0.2, 0.25) is 0 Å². The summed E-state index contributed by atoms with van der Waals surface area (Å²) < 4.78 is 23.0. The van der Waals surface area contributed by atoms with Gasteiger partial charge in [0, 0.05) is 10.7 Å². The fraction of sp³-hybridized carbons (Fsp3) is 0.462. The molecular formula is C13H19BrN2O3S. The molecule has 0 heterocycles. The van der Waals surface area contributed by atoms with Crippen molar-refractivity contribution in [3.63, 3.8) is 0 Å². The minimum atomic E-state index is -3.11. The summed E-state index contributed by atoms with van der Waals surface area (Å²) in [5.74, 6) is -0.442. The summed E-state index contributed by atoms with van der Waals surface area (Å²) in [5, 5.41) is 2.78. The lowest BCUT2D eigenvalue weighted by molar-refractivity contribution is -0.123. The van der Waals surface area contributed by atoms with E-state index in [1.165, 1.54) is 0 Å². The van der Waals surface area contributed by atoms with Crippen LogP contribution in [0.15, 0.2) is 28.7 Å². The van der Waals surface area contributed by atoms with E-state index < -0.39 is 15.9 Å². The summed E-state index contributed by atoms with van der Waals surface area (Å²) in [6.07, 6.45) is 1.24. The predicted molar refractivity (Wildman–Crippen MR) is 83.0 cm³/mol. The van der Waals surface area contributed by atoms with Gasteiger partial charge in [-0.05, 0) is 25.0 Å². The van der Waals surface area contributed by atoms with Crippen LogP contribution in [0, 0.1) is 0 Å². The molecule has 0 aliphatic heterocycles. The van der Waals surface area contributed by atoms with E-state index in [4.69, 9.17) is 5.73 Å². The maximum Gasteiger partial charge on any atom is 0.237 e. The number of amides is 1. The lowest BCUT2D eigenvalue weighted by atomic mass is 10.1. The number of carbonyl (C=O) groups is 1. The quantitative estimate of drug-likeness (QED) is 0.799. The first-order valence-corrected chi connectivity index (χ1v) is 9.04. The van der Waals surface area contributed by atoms with Crippen molar-refractivity contribution in [3.8, 4) is 0 Å². The van der Waals surface area contributed by atoms with Crippen LogP contribution in [0.1, 0.15) is 24.9 Å². The Morgan fingerprint density at radius 1 is 1.40 bits per heavy atom. The third-order valence-corrected chi connectivity index (χ3v) is 4.57. The number of nitrogens with two attached hydrogens (primary N) is 1. The molecule has 1 unspecified atom stereocenters. The van der Waals surface area contributed by atoms with E-state index in [1.54, 1.807) is 0 Å². The van der Waals surface area contributed by atoms with Crippen molar-refractivity contribution in [2.24, 2.45) is 5.73 Å². The minimum absolute atomic E-state index is 0.0923. The second-order valence-electron chi connectivity index (χ2n) is 4.78. The molecule has 1 rings (SSSR count). The Kier molecular flexibility index (Phi) is 6.16. The Morgan fingerprint density at radius 3 is 2.55 bits per heavy atom. The van der Waals surface area contributed by atoms with Crippen molar-refractivity contribution in [3.05, 3.63) is 34.3 Å². The van der Waals surface area contributed by atoms with Gasteiger partial charge in [-0.25, -0.2) is 8.42 Å². The first-order chi connectivity index (χ1) is 9.20. The Balaban J connectivity index is 2.60. The van der Waals surface area contributed by atoms with Gasteiger partial charge >= 0.3 is 0 Å². The van der Waals surface area contributed by atoms with Gasteiger partial charge in [0.25, 0.3) is 0 Å². The van der Waals surface area contributed by atoms with Crippen molar-refractivity contribution in [1.29, 1.82) is 0 Å². The van der Waals surface area contributed by atoms with Crippen LogP contribution < -0.4 is 11.1 Å². The molecule has 7 heteroatoms. The van der Waals surface area contributed by atoms with Crippen molar-refractivity contribution in [2.75, 3.05) is 12.0 Å². The van der Waals surface area contributed by atoms with Gasteiger partial charge in [0.15, 0.2) is 0 Å². The fourth-order valence-electron chi connectivity index (χ4n) is 1.70. The zero-order valence-corrected chi connectivity index (χ0v) is 13.9. The molecule has 1 amide bonds. The Hall–Kier alpha value is -0.920. The SMILES string of the molecule is C[C@@H](NC(=O)C(N)CCS(C)(=O)=O)c1ccccc1Br. The fourth-order valence-corrected chi connectivity index (χ4v) is 3.01. The number of hydrogen-bond acceptors (Lipinski definition) is 4. The Bertz CT molecular complexity index is 575. The molecular weight excluding hydrogens is 344 g/mol. The molecule has 0 aromatic heterocycles.